The van der Waals surface area contributed by atoms with Crippen LogP contribution in [0.4, 0.5) is 4.39 Å². The first-order valence-electron chi connectivity index (χ1n) is 12.8. The van der Waals surface area contributed by atoms with Crippen LogP contribution in [-0.2, 0) is 22.6 Å². The Hall–Kier alpha value is -2.78. The van der Waals surface area contributed by atoms with Crippen molar-refractivity contribution in [3.8, 4) is 5.75 Å². The SMILES string of the molecule is CCCN(CC(=O)N1CCc2sccc2[C@@H]1COc1ccc(F)cc1)C[C@H](O)COCc1ccccc1. The van der Waals surface area contributed by atoms with Gasteiger partial charge < -0.3 is 19.5 Å². The normalized spacial score (nSPS) is 16.0. The van der Waals surface area contributed by atoms with E-state index in [2.05, 4.69) is 18.4 Å². The number of rotatable bonds is 13. The Morgan fingerprint density at radius 1 is 1.19 bits per heavy atom. The van der Waals surface area contributed by atoms with Gasteiger partial charge in [-0.1, -0.05) is 37.3 Å². The zero-order valence-corrected chi connectivity index (χ0v) is 22.0. The van der Waals surface area contributed by atoms with Gasteiger partial charge in [-0.15, -0.1) is 11.3 Å². The fourth-order valence-corrected chi connectivity index (χ4v) is 5.58. The van der Waals surface area contributed by atoms with E-state index >= 15 is 0 Å². The number of fused-ring (bicyclic) bond motifs is 1. The summed E-state index contributed by atoms with van der Waals surface area (Å²) in [5.74, 6) is 0.267. The molecule has 6 nitrogen and oxygen atoms in total. The second-order valence-corrected chi connectivity index (χ2v) is 10.3. The van der Waals surface area contributed by atoms with Gasteiger partial charge in [0.1, 0.15) is 18.2 Å². The van der Waals surface area contributed by atoms with Crippen molar-refractivity contribution < 1.29 is 23.8 Å². The van der Waals surface area contributed by atoms with E-state index in [-0.39, 0.29) is 30.9 Å². The van der Waals surface area contributed by atoms with Crippen LogP contribution in [0.25, 0.3) is 0 Å². The number of hydrogen-bond donors (Lipinski definition) is 1. The van der Waals surface area contributed by atoms with Crippen LogP contribution in [0.3, 0.4) is 0 Å². The number of carbonyl (C=O) groups is 1. The van der Waals surface area contributed by atoms with Gasteiger partial charge in [-0.25, -0.2) is 4.39 Å². The summed E-state index contributed by atoms with van der Waals surface area (Å²) in [6.45, 7) is 4.91. The molecule has 0 radical (unpaired) electrons. The van der Waals surface area contributed by atoms with Gasteiger partial charge in [-0.2, -0.15) is 0 Å². The first-order chi connectivity index (χ1) is 18.0. The zero-order valence-electron chi connectivity index (χ0n) is 21.2. The van der Waals surface area contributed by atoms with Crippen LogP contribution < -0.4 is 4.74 Å². The van der Waals surface area contributed by atoms with Gasteiger partial charge in [-0.05, 0) is 66.2 Å². The summed E-state index contributed by atoms with van der Waals surface area (Å²) < 4.78 is 25.0. The molecule has 4 rings (SSSR count). The molecular formula is C29H35FN2O4S. The maximum atomic E-state index is 13.5. The average Bonchev–Trinajstić information content (AvgIpc) is 3.38. The maximum absolute atomic E-state index is 13.5. The summed E-state index contributed by atoms with van der Waals surface area (Å²) >= 11 is 1.70. The fraction of sp³-hybridized carbons (Fsp3) is 0.414. The van der Waals surface area contributed by atoms with Crippen molar-refractivity contribution in [1.82, 2.24) is 9.80 Å². The number of hydrogen-bond acceptors (Lipinski definition) is 6. The number of thiophene rings is 1. The highest BCUT2D eigenvalue weighted by Crippen LogP contribution is 2.34. The summed E-state index contributed by atoms with van der Waals surface area (Å²) in [5.41, 5.74) is 2.17. The molecule has 1 amide bonds. The monoisotopic (exact) mass is 526 g/mol. The van der Waals surface area contributed by atoms with Crippen LogP contribution in [0.1, 0.15) is 35.4 Å². The molecule has 8 heteroatoms. The lowest BCUT2D eigenvalue weighted by Crippen LogP contribution is -2.48. The molecule has 37 heavy (non-hydrogen) atoms. The Kier molecular flexibility index (Phi) is 10.1. The molecular weight excluding hydrogens is 491 g/mol. The first-order valence-corrected chi connectivity index (χ1v) is 13.7. The van der Waals surface area contributed by atoms with Gasteiger partial charge >= 0.3 is 0 Å². The van der Waals surface area contributed by atoms with Crippen molar-refractivity contribution >= 4 is 17.2 Å². The lowest BCUT2D eigenvalue weighted by atomic mass is 10.0. The van der Waals surface area contributed by atoms with Crippen LogP contribution in [0, 0.1) is 5.82 Å². The van der Waals surface area contributed by atoms with E-state index < -0.39 is 6.10 Å². The highest BCUT2D eigenvalue weighted by molar-refractivity contribution is 7.10. The second-order valence-electron chi connectivity index (χ2n) is 9.31. The van der Waals surface area contributed by atoms with Crippen molar-refractivity contribution in [2.45, 2.75) is 38.5 Å². The van der Waals surface area contributed by atoms with Crippen LogP contribution in [0.2, 0.25) is 0 Å². The fourth-order valence-electron chi connectivity index (χ4n) is 4.65. The van der Waals surface area contributed by atoms with Crippen molar-refractivity contribution in [3.63, 3.8) is 0 Å². The molecule has 0 spiro atoms. The van der Waals surface area contributed by atoms with Crippen LogP contribution in [0.15, 0.2) is 66.0 Å². The number of nitrogens with zero attached hydrogens (tertiary/aromatic N) is 2. The molecule has 1 aromatic heterocycles. The summed E-state index contributed by atoms with van der Waals surface area (Å²) in [4.78, 5) is 18.7. The highest BCUT2D eigenvalue weighted by atomic mass is 32.1. The van der Waals surface area contributed by atoms with E-state index in [1.54, 1.807) is 23.5 Å². The summed E-state index contributed by atoms with van der Waals surface area (Å²) in [7, 11) is 0. The number of aliphatic hydroxyl groups is 1. The lowest BCUT2D eigenvalue weighted by Gasteiger charge is -2.37. The molecule has 1 N–H and O–H groups in total. The molecule has 3 aromatic rings. The molecule has 0 saturated carbocycles. The van der Waals surface area contributed by atoms with Gasteiger partial charge in [-0.3, -0.25) is 9.69 Å². The van der Waals surface area contributed by atoms with Gasteiger partial charge in [0.2, 0.25) is 5.91 Å². The number of amides is 1. The van der Waals surface area contributed by atoms with Crippen molar-refractivity contribution in [2.75, 3.05) is 39.4 Å². The number of halogens is 1. The Balaban J connectivity index is 1.35. The third kappa shape index (κ3) is 7.85. The quantitative estimate of drug-likeness (QED) is 0.350. The minimum absolute atomic E-state index is 0.00964. The Bertz CT molecular complexity index is 1110. The minimum Gasteiger partial charge on any atom is -0.491 e. The average molecular weight is 527 g/mol. The third-order valence-electron chi connectivity index (χ3n) is 6.43. The number of aliphatic hydroxyl groups excluding tert-OH is 1. The molecule has 0 saturated heterocycles. The van der Waals surface area contributed by atoms with E-state index in [0.717, 1.165) is 24.0 Å². The van der Waals surface area contributed by atoms with E-state index in [9.17, 15) is 14.3 Å². The molecule has 1 aliphatic rings. The molecule has 2 heterocycles. The van der Waals surface area contributed by atoms with E-state index in [1.807, 2.05) is 40.1 Å². The van der Waals surface area contributed by atoms with E-state index in [0.29, 0.717) is 38.6 Å². The van der Waals surface area contributed by atoms with Gasteiger partial charge in [0.15, 0.2) is 0 Å². The van der Waals surface area contributed by atoms with Gasteiger partial charge in [0.05, 0.1) is 31.9 Å². The Morgan fingerprint density at radius 2 is 1.97 bits per heavy atom. The largest absolute Gasteiger partial charge is 0.491 e. The summed E-state index contributed by atoms with van der Waals surface area (Å²) in [6, 6.07) is 17.6. The molecule has 0 fully saturated rings. The molecule has 0 bridgehead atoms. The molecule has 198 valence electrons. The molecule has 0 aliphatic carbocycles. The highest BCUT2D eigenvalue weighted by Gasteiger charge is 2.33. The lowest BCUT2D eigenvalue weighted by molar-refractivity contribution is -0.136. The van der Waals surface area contributed by atoms with Gasteiger partial charge in [0, 0.05) is 18.0 Å². The van der Waals surface area contributed by atoms with Crippen molar-refractivity contribution in [3.05, 3.63) is 87.9 Å². The molecule has 1 aliphatic heterocycles. The van der Waals surface area contributed by atoms with E-state index in [4.69, 9.17) is 9.47 Å². The Morgan fingerprint density at radius 3 is 2.73 bits per heavy atom. The predicted octanol–water partition coefficient (Wildman–Crippen LogP) is 4.68. The molecule has 0 unspecified atom stereocenters. The van der Waals surface area contributed by atoms with Gasteiger partial charge in [0.25, 0.3) is 0 Å². The minimum atomic E-state index is -0.689. The van der Waals surface area contributed by atoms with Crippen molar-refractivity contribution in [2.24, 2.45) is 0 Å². The smallest absolute Gasteiger partial charge is 0.237 e. The number of carbonyl (C=O) groups excluding carboxylic acids is 1. The number of ether oxygens (including phenoxy) is 2. The van der Waals surface area contributed by atoms with Crippen LogP contribution in [0.5, 0.6) is 5.75 Å². The van der Waals surface area contributed by atoms with E-state index in [1.165, 1.54) is 17.0 Å². The maximum Gasteiger partial charge on any atom is 0.237 e. The number of benzene rings is 2. The summed E-state index contributed by atoms with van der Waals surface area (Å²) in [5, 5.41) is 12.6. The zero-order chi connectivity index (χ0) is 26.0. The third-order valence-corrected chi connectivity index (χ3v) is 7.42. The second kappa shape index (κ2) is 13.7. The molecule has 2 atom stereocenters. The Labute approximate surface area is 222 Å². The van der Waals surface area contributed by atoms with Crippen molar-refractivity contribution in [1.29, 1.82) is 0 Å². The van der Waals surface area contributed by atoms with Crippen LogP contribution >= 0.6 is 11.3 Å². The van der Waals surface area contributed by atoms with Crippen LogP contribution in [-0.4, -0.2) is 66.3 Å². The first kappa shape index (κ1) is 27.3. The topological polar surface area (TPSA) is 62.2 Å². The predicted molar refractivity (Wildman–Crippen MR) is 143 cm³/mol. The molecule has 2 aromatic carbocycles. The standard InChI is InChI=1S/C29H35FN2O4S/c1-2-14-31(17-24(33)20-35-19-22-6-4-3-5-7-22)18-29(34)32-15-12-28-26(13-16-37-28)27(32)21-36-25-10-8-23(30)9-11-25/h3-11,13,16,24,27,33H,2,12,14-15,17-21H2,1H3/t24-,27-/m0/s1. The summed E-state index contributed by atoms with van der Waals surface area (Å²) in [6.07, 6.45) is 0.997.